The van der Waals surface area contributed by atoms with Crippen LogP contribution >= 0.6 is 39.3 Å². The summed E-state index contributed by atoms with van der Waals surface area (Å²) in [5, 5.41) is 0.830. The van der Waals surface area contributed by atoms with E-state index in [0.29, 0.717) is 0 Å². The van der Waals surface area contributed by atoms with Crippen LogP contribution in [-0.2, 0) is 11.5 Å². The molecule has 100 valence electrons. The molecule has 0 amide bonds. The summed E-state index contributed by atoms with van der Waals surface area (Å²) >= 11 is 11.5. The minimum atomic E-state index is 0.830. The van der Waals surface area contributed by atoms with E-state index in [1.807, 2.05) is 42.1 Å². The van der Waals surface area contributed by atoms with Crippen molar-refractivity contribution in [2.75, 3.05) is 7.11 Å². The van der Waals surface area contributed by atoms with Crippen LogP contribution in [0.4, 0.5) is 0 Å². The van der Waals surface area contributed by atoms with Crippen LogP contribution in [0, 0.1) is 0 Å². The van der Waals surface area contributed by atoms with Crippen molar-refractivity contribution < 1.29 is 4.74 Å². The van der Waals surface area contributed by atoms with Gasteiger partial charge in [0.15, 0.2) is 0 Å². The maximum absolute atomic E-state index is 6.14. The zero-order chi connectivity index (χ0) is 13.7. The molecule has 2 rings (SSSR count). The molecule has 0 aliphatic rings. The summed E-state index contributed by atoms with van der Waals surface area (Å²) in [6.07, 6.45) is 0. The Hall–Kier alpha value is -0.640. The quantitative estimate of drug-likeness (QED) is 0.694. The molecular formula is C15H14BrClOS. The molecule has 2 aromatic carbocycles. The van der Waals surface area contributed by atoms with Crippen molar-refractivity contribution in [1.82, 2.24) is 0 Å². The topological polar surface area (TPSA) is 9.23 Å². The lowest BCUT2D eigenvalue weighted by atomic mass is 10.2. The number of rotatable bonds is 5. The van der Waals surface area contributed by atoms with Crippen molar-refractivity contribution in [1.29, 1.82) is 0 Å². The number of hydrogen-bond acceptors (Lipinski definition) is 2. The molecule has 0 aromatic heterocycles. The van der Waals surface area contributed by atoms with Crippen LogP contribution in [0.2, 0.25) is 5.02 Å². The lowest BCUT2D eigenvalue weighted by molar-refractivity contribution is 0.411. The van der Waals surface area contributed by atoms with Crippen LogP contribution in [0.5, 0.6) is 5.75 Å². The number of thioether (sulfide) groups is 1. The first-order valence-corrected chi connectivity index (χ1v) is 8.17. The van der Waals surface area contributed by atoms with Crippen molar-refractivity contribution in [3.05, 3.63) is 63.1 Å². The zero-order valence-electron chi connectivity index (χ0n) is 10.5. The maximum Gasteiger partial charge on any atom is 0.122 e. The Bertz CT molecular complexity index is 560. The van der Waals surface area contributed by atoms with Gasteiger partial charge in [-0.3, -0.25) is 0 Å². The second kappa shape index (κ2) is 7.22. The summed E-state index contributed by atoms with van der Waals surface area (Å²) in [7, 11) is 1.70. The van der Waals surface area contributed by atoms with E-state index in [2.05, 4.69) is 28.1 Å². The standard InChI is InChI=1S/C15H14BrClOS/c1-18-15-7-6-13(16)8-12(15)10-19-9-11-4-2-3-5-14(11)17/h2-8H,9-10H2,1H3. The fourth-order valence-electron chi connectivity index (χ4n) is 1.75. The second-order valence-electron chi connectivity index (χ2n) is 4.04. The number of methoxy groups -OCH3 is 1. The van der Waals surface area contributed by atoms with Crippen LogP contribution < -0.4 is 4.74 Å². The lowest BCUT2D eigenvalue weighted by Gasteiger charge is -2.09. The molecular weight excluding hydrogens is 344 g/mol. The van der Waals surface area contributed by atoms with E-state index in [-0.39, 0.29) is 0 Å². The summed E-state index contributed by atoms with van der Waals surface area (Å²) in [5.41, 5.74) is 2.36. The molecule has 0 fully saturated rings. The van der Waals surface area contributed by atoms with Crippen molar-refractivity contribution in [3.63, 3.8) is 0 Å². The van der Waals surface area contributed by atoms with Gasteiger partial charge in [0, 0.05) is 26.6 Å². The van der Waals surface area contributed by atoms with Gasteiger partial charge in [0.25, 0.3) is 0 Å². The van der Waals surface area contributed by atoms with E-state index >= 15 is 0 Å². The zero-order valence-corrected chi connectivity index (χ0v) is 13.7. The minimum Gasteiger partial charge on any atom is -0.496 e. The Morgan fingerprint density at radius 3 is 2.58 bits per heavy atom. The number of halogens is 2. The van der Waals surface area contributed by atoms with Gasteiger partial charge in [-0.1, -0.05) is 45.7 Å². The van der Waals surface area contributed by atoms with Crippen LogP contribution in [0.15, 0.2) is 46.9 Å². The number of ether oxygens (including phenoxy) is 1. The first-order valence-electron chi connectivity index (χ1n) is 5.84. The predicted octanol–water partition coefficient (Wildman–Crippen LogP) is 5.54. The summed E-state index contributed by atoms with van der Waals surface area (Å²) in [6, 6.07) is 14.0. The monoisotopic (exact) mass is 356 g/mol. The van der Waals surface area contributed by atoms with E-state index in [4.69, 9.17) is 16.3 Å². The Balaban J connectivity index is 2.00. The average Bonchev–Trinajstić information content (AvgIpc) is 2.41. The highest BCUT2D eigenvalue weighted by Crippen LogP contribution is 2.29. The van der Waals surface area contributed by atoms with Gasteiger partial charge in [-0.05, 0) is 29.8 Å². The fourth-order valence-corrected chi connectivity index (χ4v) is 3.46. The van der Waals surface area contributed by atoms with E-state index in [0.717, 1.165) is 26.8 Å². The van der Waals surface area contributed by atoms with Gasteiger partial charge in [0.1, 0.15) is 5.75 Å². The molecule has 0 heterocycles. The molecule has 0 saturated carbocycles. The maximum atomic E-state index is 6.14. The van der Waals surface area contributed by atoms with Crippen molar-refractivity contribution in [3.8, 4) is 5.75 Å². The molecule has 0 bridgehead atoms. The molecule has 0 aliphatic heterocycles. The largest absolute Gasteiger partial charge is 0.496 e. The summed E-state index contributed by atoms with van der Waals surface area (Å²) in [4.78, 5) is 0. The smallest absolute Gasteiger partial charge is 0.122 e. The highest BCUT2D eigenvalue weighted by Gasteiger charge is 2.05. The van der Waals surface area contributed by atoms with Crippen LogP contribution in [0.3, 0.4) is 0 Å². The Labute approximate surface area is 131 Å². The fraction of sp³-hybridized carbons (Fsp3) is 0.200. The Morgan fingerprint density at radius 2 is 1.84 bits per heavy atom. The molecule has 1 nitrogen and oxygen atoms in total. The molecule has 0 spiro atoms. The van der Waals surface area contributed by atoms with Crippen molar-refractivity contribution in [2.24, 2.45) is 0 Å². The van der Waals surface area contributed by atoms with Gasteiger partial charge in [-0.25, -0.2) is 0 Å². The molecule has 4 heteroatoms. The van der Waals surface area contributed by atoms with E-state index in [9.17, 15) is 0 Å². The van der Waals surface area contributed by atoms with Crippen molar-refractivity contribution >= 4 is 39.3 Å². The van der Waals surface area contributed by atoms with Gasteiger partial charge in [0.2, 0.25) is 0 Å². The molecule has 0 saturated heterocycles. The number of hydrogen-bond donors (Lipinski definition) is 0. The molecule has 0 aliphatic carbocycles. The summed E-state index contributed by atoms with van der Waals surface area (Å²) in [5.74, 6) is 2.72. The molecule has 0 atom stereocenters. The molecule has 0 N–H and O–H groups in total. The van der Waals surface area contributed by atoms with Crippen molar-refractivity contribution in [2.45, 2.75) is 11.5 Å². The van der Waals surface area contributed by atoms with Crippen LogP contribution in [-0.4, -0.2) is 7.11 Å². The SMILES string of the molecule is COc1ccc(Br)cc1CSCc1ccccc1Cl. The summed E-state index contributed by atoms with van der Waals surface area (Å²) in [6.45, 7) is 0. The first-order chi connectivity index (χ1) is 9.20. The van der Waals surface area contributed by atoms with Gasteiger partial charge in [-0.15, -0.1) is 0 Å². The third kappa shape index (κ3) is 4.16. The van der Waals surface area contributed by atoms with E-state index < -0.39 is 0 Å². The second-order valence-corrected chi connectivity index (χ2v) is 6.35. The Morgan fingerprint density at radius 1 is 1.11 bits per heavy atom. The number of benzene rings is 2. The lowest BCUT2D eigenvalue weighted by Crippen LogP contribution is -1.91. The van der Waals surface area contributed by atoms with Crippen LogP contribution in [0.25, 0.3) is 0 Å². The van der Waals surface area contributed by atoms with Gasteiger partial charge >= 0.3 is 0 Å². The van der Waals surface area contributed by atoms with E-state index in [1.165, 1.54) is 11.1 Å². The minimum absolute atomic E-state index is 0.830. The van der Waals surface area contributed by atoms with E-state index in [1.54, 1.807) is 7.11 Å². The molecule has 2 aromatic rings. The van der Waals surface area contributed by atoms with Gasteiger partial charge in [-0.2, -0.15) is 11.8 Å². The van der Waals surface area contributed by atoms with Crippen LogP contribution in [0.1, 0.15) is 11.1 Å². The highest BCUT2D eigenvalue weighted by atomic mass is 79.9. The third-order valence-corrected chi connectivity index (χ3v) is 4.61. The normalized spacial score (nSPS) is 10.5. The summed E-state index contributed by atoms with van der Waals surface area (Å²) < 4.78 is 6.44. The molecule has 0 radical (unpaired) electrons. The Kier molecular flexibility index (Phi) is 5.61. The first kappa shape index (κ1) is 14.8. The van der Waals surface area contributed by atoms with Gasteiger partial charge in [0.05, 0.1) is 7.11 Å². The third-order valence-electron chi connectivity index (χ3n) is 2.72. The predicted molar refractivity (Wildman–Crippen MR) is 87.1 cm³/mol. The van der Waals surface area contributed by atoms with Gasteiger partial charge < -0.3 is 4.74 Å². The molecule has 0 unspecified atom stereocenters. The highest BCUT2D eigenvalue weighted by molar-refractivity contribution is 9.10. The molecule has 19 heavy (non-hydrogen) atoms. The average molecular weight is 358 g/mol.